The number of hydrogen-bond acceptors (Lipinski definition) is 3. The van der Waals surface area contributed by atoms with Gasteiger partial charge in [-0.1, -0.05) is 0 Å². The molecular formula is C19H15F2NO4. The van der Waals surface area contributed by atoms with Crippen LogP contribution in [0.2, 0.25) is 0 Å². The fourth-order valence-electron chi connectivity index (χ4n) is 3.12. The molecule has 0 aliphatic heterocycles. The standard InChI is InChI=1S/C19H15F2NO4/c1-9(19(25)26)17-10(2)22(16-6-4-12(23)8-13(16)17)18(24)11-3-5-14(20)15(21)7-11/h3-9,23H,1-2H3,(H,25,26)/t9-/m1/s1. The van der Waals surface area contributed by atoms with Gasteiger partial charge in [-0.2, -0.15) is 0 Å². The molecular weight excluding hydrogens is 344 g/mol. The van der Waals surface area contributed by atoms with Gasteiger partial charge in [0.2, 0.25) is 0 Å². The Labute approximate surface area is 147 Å². The van der Waals surface area contributed by atoms with Gasteiger partial charge >= 0.3 is 5.97 Å². The first kappa shape index (κ1) is 17.6. The van der Waals surface area contributed by atoms with E-state index in [0.717, 1.165) is 18.2 Å². The average molecular weight is 359 g/mol. The first-order chi connectivity index (χ1) is 12.2. The third-order valence-corrected chi connectivity index (χ3v) is 4.41. The summed E-state index contributed by atoms with van der Waals surface area (Å²) in [5.41, 5.74) is 1.03. The van der Waals surface area contributed by atoms with Crippen molar-refractivity contribution in [1.29, 1.82) is 0 Å². The maximum absolute atomic E-state index is 13.5. The summed E-state index contributed by atoms with van der Waals surface area (Å²) in [7, 11) is 0. The number of halogens is 2. The highest BCUT2D eigenvalue weighted by atomic mass is 19.2. The van der Waals surface area contributed by atoms with Gasteiger partial charge in [0.1, 0.15) is 5.75 Å². The molecule has 3 rings (SSSR count). The number of nitrogens with zero attached hydrogens (tertiary/aromatic N) is 1. The number of carbonyl (C=O) groups is 2. The number of aliphatic carboxylic acids is 1. The van der Waals surface area contributed by atoms with Gasteiger partial charge in [-0.25, -0.2) is 8.78 Å². The largest absolute Gasteiger partial charge is 0.508 e. The predicted molar refractivity (Wildman–Crippen MR) is 90.5 cm³/mol. The molecule has 134 valence electrons. The van der Waals surface area contributed by atoms with E-state index in [1.54, 1.807) is 6.92 Å². The molecule has 0 saturated heterocycles. The quantitative estimate of drug-likeness (QED) is 0.745. The summed E-state index contributed by atoms with van der Waals surface area (Å²) in [6.45, 7) is 3.05. The molecule has 2 N–H and O–H groups in total. The number of phenolic OH excluding ortho intramolecular Hbond substituents is 1. The number of rotatable bonds is 3. The Hall–Kier alpha value is -3.22. The molecule has 0 unspecified atom stereocenters. The second-order valence-electron chi connectivity index (χ2n) is 6.03. The van der Waals surface area contributed by atoms with Gasteiger partial charge < -0.3 is 10.2 Å². The van der Waals surface area contributed by atoms with Crippen LogP contribution in [-0.2, 0) is 4.79 Å². The van der Waals surface area contributed by atoms with Crippen LogP contribution in [0.4, 0.5) is 8.78 Å². The highest BCUT2D eigenvalue weighted by molar-refractivity contribution is 6.05. The van der Waals surface area contributed by atoms with Crippen molar-refractivity contribution in [3.8, 4) is 5.75 Å². The lowest BCUT2D eigenvalue weighted by Crippen LogP contribution is -2.15. The summed E-state index contributed by atoms with van der Waals surface area (Å²) in [6, 6.07) is 7.04. The van der Waals surface area contributed by atoms with E-state index in [0.29, 0.717) is 22.2 Å². The number of carboxylic acids is 1. The van der Waals surface area contributed by atoms with Gasteiger partial charge in [0.15, 0.2) is 11.6 Å². The molecule has 7 heteroatoms. The summed E-state index contributed by atoms with van der Waals surface area (Å²) in [5, 5.41) is 19.5. The topological polar surface area (TPSA) is 79.5 Å². The van der Waals surface area contributed by atoms with Crippen molar-refractivity contribution in [3.05, 3.63) is 64.9 Å². The average Bonchev–Trinajstić information content (AvgIpc) is 2.87. The van der Waals surface area contributed by atoms with Crippen molar-refractivity contribution < 1.29 is 28.6 Å². The lowest BCUT2D eigenvalue weighted by Gasteiger charge is -2.09. The van der Waals surface area contributed by atoms with Gasteiger partial charge in [-0.15, -0.1) is 0 Å². The van der Waals surface area contributed by atoms with Crippen molar-refractivity contribution in [3.63, 3.8) is 0 Å². The molecule has 0 saturated carbocycles. The van der Waals surface area contributed by atoms with E-state index < -0.39 is 29.4 Å². The van der Waals surface area contributed by atoms with E-state index in [9.17, 15) is 28.6 Å². The summed E-state index contributed by atoms with van der Waals surface area (Å²) >= 11 is 0. The first-order valence-corrected chi connectivity index (χ1v) is 7.79. The Morgan fingerprint density at radius 3 is 2.38 bits per heavy atom. The van der Waals surface area contributed by atoms with Gasteiger partial charge in [0.05, 0.1) is 11.4 Å². The maximum atomic E-state index is 13.5. The monoisotopic (exact) mass is 359 g/mol. The highest BCUT2D eigenvalue weighted by Crippen LogP contribution is 2.34. The van der Waals surface area contributed by atoms with Gasteiger partial charge in [0.25, 0.3) is 5.91 Å². The highest BCUT2D eigenvalue weighted by Gasteiger charge is 2.26. The zero-order valence-electron chi connectivity index (χ0n) is 14.0. The number of aromatic hydroxyl groups is 1. The first-order valence-electron chi connectivity index (χ1n) is 7.79. The molecule has 1 heterocycles. The van der Waals surface area contributed by atoms with Crippen LogP contribution in [0.1, 0.15) is 34.5 Å². The minimum Gasteiger partial charge on any atom is -0.508 e. The lowest BCUT2D eigenvalue weighted by molar-refractivity contribution is -0.138. The van der Waals surface area contributed by atoms with Gasteiger partial charge in [-0.05, 0) is 55.8 Å². The molecule has 0 aliphatic rings. The number of phenols is 1. The molecule has 1 atom stereocenters. The van der Waals surface area contributed by atoms with E-state index in [-0.39, 0.29) is 11.3 Å². The Bertz CT molecular complexity index is 1060. The summed E-state index contributed by atoms with van der Waals surface area (Å²) in [5.74, 6) is -4.94. The van der Waals surface area contributed by atoms with Crippen LogP contribution in [0.5, 0.6) is 5.75 Å². The SMILES string of the molecule is Cc1c([C@@H](C)C(=O)O)c2cc(O)ccc2n1C(=O)c1ccc(F)c(F)c1. The second-order valence-corrected chi connectivity index (χ2v) is 6.03. The third kappa shape index (κ3) is 2.71. The molecule has 26 heavy (non-hydrogen) atoms. The Balaban J connectivity index is 2.29. The number of hydrogen-bond donors (Lipinski definition) is 2. The summed E-state index contributed by atoms with van der Waals surface area (Å²) < 4.78 is 27.9. The summed E-state index contributed by atoms with van der Waals surface area (Å²) in [6.07, 6.45) is 0. The van der Waals surface area contributed by atoms with Crippen molar-refractivity contribution in [2.45, 2.75) is 19.8 Å². The Kier molecular flexibility index (Phi) is 4.23. The van der Waals surface area contributed by atoms with E-state index in [2.05, 4.69) is 0 Å². The van der Waals surface area contributed by atoms with Crippen LogP contribution in [0.15, 0.2) is 36.4 Å². The zero-order chi connectivity index (χ0) is 19.2. The third-order valence-electron chi connectivity index (χ3n) is 4.41. The fraction of sp³-hybridized carbons (Fsp3) is 0.158. The minimum atomic E-state index is -1.15. The van der Waals surface area contributed by atoms with Crippen LogP contribution in [0, 0.1) is 18.6 Å². The van der Waals surface area contributed by atoms with Gasteiger partial charge in [-0.3, -0.25) is 14.2 Å². The van der Waals surface area contributed by atoms with Crippen LogP contribution in [-0.4, -0.2) is 26.7 Å². The molecule has 0 radical (unpaired) electrons. The van der Waals surface area contributed by atoms with Crippen molar-refractivity contribution in [2.75, 3.05) is 0 Å². The smallest absolute Gasteiger partial charge is 0.310 e. The number of carboxylic acid groups (broad SMARTS) is 1. The zero-order valence-corrected chi connectivity index (χ0v) is 14.0. The normalized spacial score (nSPS) is 12.3. The number of aromatic nitrogens is 1. The fourth-order valence-corrected chi connectivity index (χ4v) is 3.12. The molecule has 0 aliphatic carbocycles. The molecule has 1 aromatic heterocycles. The molecule has 0 amide bonds. The predicted octanol–water partition coefficient (Wildman–Crippen LogP) is 3.81. The Morgan fingerprint density at radius 2 is 1.77 bits per heavy atom. The van der Waals surface area contributed by atoms with E-state index in [4.69, 9.17) is 0 Å². The lowest BCUT2D eigenvalue weighted by atomic mass is 9.98. The number of fused-ring (bicyclic) bond motifs is 1. The molecule has 0 spiro atoms. The van der Waals surface area contributed by atoms with Gasteiger partial charge in [0, 0.05) is 16.6 Å². The minimum absolute atomic E-state index is 0.0752. The molecule has 3 aromatic rings. The maximum Gasteiger partial charge on any atom is 0.310 e. The van der Waals surface area contributed by atoms with E-state index in [1.165, 1.54) is 29.7 Å². The molecule has 0 bridgehead atoms. The molecule has 0 fully saturated rings. The molecule has 2 aromatic carbocycles. The van der Waals surface area contributed by atoms with Crippen LogP contribution >= 0.6 is 0 Å². The van der Waals surface area contributed by atoms with E-state index >= 15 is 0 Å². The number of carbonyl (C=O) groups excluding carboxylic acids is 1. The van der Waals surface area contributed by atoms with Crippen LogP contribution in [0.25, 0.3) is 10.9 Å². The molecule has 5 nitrogen and oxygen atoms in total. The van der Waals surface area contributed by atoms with Crippen molar-refractivity contribution >= 4 is 22.8 Å². The Morgan fingerprint density at radius 1 is 1.08 bits per heavy atom. The summed E-state index contributed by atoms with van der Waals surface area (Å²) in [4.78, 5) is 24.4. The number of benzene rings is 2. The van der Waals surface area contributed by atoms with Crippen molar-refractivity contribution in [1.82, 2.24) is 4.57 Å². The second kappa shape index (κ2) is 6.25. The van der Waals surface area contributed by atoms with E-state index in [1.807, 2.05) is 0 Å². The van der Waals surface area contributed by atoms with Crippen molar-refractivity contribution in [2.24, 2.45) is 0 Å². The van der Waals surface area contributed by atoms with Crippen LogP contribution < -0.4 is 0 Å². The van der Waals surface area contributed by atoms with Crippen LogP contribution in [0.3, 0.4) is 0 Å².